The van der Waals surface area contributed by atoms with Gasteiger partial charge in [0.1, 0.15) is 0 Å². The molecule has 0 saturated carbocycles. The molecule has 0 atom stereocenters. The molecular weight excluding hydrogens is 251 g/mol. The molecular formula is C11H10Cl2Ti. The molecule has 1 aliphatic rings. The fourth-order valence-electron chi connectivity index (χ4n) is 1.25. The van der Waals surface area contributed by atoms with Gasteiger partial charge in [-0.2, -0.15) is 0 Å². The van der Waals surface area contributed by atoms with Crippen LogP contribution in [-0.2, 0) is 19.2 Å². The van der Waals surface area contributed by atoms with E-state index < -0.39 is 0 Å². The van der Waals surface area contributed by atoms with E-state index in [1.807, 2.05) is 0 Å². The maximum absolute atomic E-state index is 2.27. The molecule has 3 heteroatoms. The first-order valence-corrected chi connectivity index (χ1v) is 5.69. The third-order valence-electron chi connectivity index (χ3n) is 1.85. The predicted octanol–water partition coefficient (Wildman–Crippen LogP) is -3.75. The van der Waals surface area contributed by atoms with Crippen molar-refractivity contribution in [3.63, 3.8) is 0 Å². The molecule has 0 spiro atoms. The van der Waals surface area contributed by atoms with E-state index in [1.54, 1.807) is 3.88 Å². The Bertz CT molecular complexity index is 317. The molecule has 0 aliphatic heterocycles. The number of halogens is 2. The van der Waals surface area contributed by atoms with Gasteiger partial charge in [0, 0.05) is 0 Å². The van der Waals surface area contributed by atoms with Crippen molar-refractivity contribution < 1.29 is 44.0 Å². The van der Waals surface area contributed by atoms with E-state index in [2.05, 4.69) is 48.6 Å². The summed E-state index contributed by atoms with van der Waals surface area (Å²) in [5.41, 5.74) is 0. The average Bonchev–Trinajstić information content (AvgIpc) is 2.59. The second-order valence-electron chi connectivity index (χ2n) is 2.82. The molecule has 0 radical (unpaired) electrons. The first-order chi connectivity index (χ1) is 5.95. The number of rotatable bonds is 2. The zero-order chi connectivity index (χ0) is 8.23. The Morgan fingerprint density at radius 1 is 1.00 bits per heavy atom. The average molecular weight is 261 g/mol. The molecule has 0 bridgehead atoms. The van der Waals surface area contributed by atoms with Crippen LogP contribution in [0, 0.1) is 0 Å². The summed E-state index contributed by atoms with van der Waals surface area (Å²) in [7, 11) is 0. The second-order valence-corrected chi connectivity index (χ2v) is 5.11. The molecule has 1 aromatic carbocycles. The number of allylic oxidation sites excluding steroid dienone is 4. The number of benzene rings is 1. The molecule has 0 heterocycles. The van der Waals surface area contributed by atoms with Crippen LogP contribution in [0.2, 0.25) is 0 Å². The van der Waals surface area contributed by atoms with Crippen LogP contribution in [0.25, 0.3) is 0 Å². The van der Waals surface area contributed by atoms with E-state index in [1.165, 1.54) is 10.3 Å². The summed E-state index contributed by atoms with van der Waals surface area (Å²) in [6.07, 6.45) is 7.87. The van der Waals surface area contributed by atoms with Gasteiger partial charge in [0.2, 0.25) is 0 Å². The van der Waals surface area contributed by atoms with Crippen molar-refractivity contribution in [2.75, 3.05) is 0 Å². The molecule has 0 aromatic heterocycles. The molecule has 1 aliphatic carbocycles. The Hall–Kier alpha value is -0.00571. The quantitative estimate of drug-likeness (QED) is 0.480. The van der Waals surface area contributed by atoms with Crippen LogP contribution in [0.5, 0.6) is 0 Å². The van der Waals surface area contributed by atoms with Crippen LogP contribution in [0.1, 0.15) is 6.42 Å². The summed E-state index contributed by atoms with van der Waals surface area (Å²) in [6, 6.07) is 10.8. The third kappa shape index (κ3) is 4.02. The smallest absolute Gasteiger partial charge is 1.00 e. The van der Waals surface area contributed by atoms with Crippen molar-refractivity contribution in [2.45, 2.75) is 6.42 Å². The van der Waals surface area contributed by atoms with Gasteiger partial charge in [-0.25, -0.2) is 0 Å². The largest absolute Gasteiger partial charge is 1.00 e. The molecule has 0 amide bonds. The van der Waals surface area contributed by atoms with Crippen LogP contribution in [-0.4, -0.2) is 0 Å². The van der Waals surface area contributed by atoms with Gasteiger partial charge in [0.25, 0.3) is 0 Å². The fraction of sp³-hybridized carbons (Fsp3) is 0.0909. The SMILES string of the molecule is C1=CC[C]([Ti+2][c]2ccccc2)=C1.[Cl-].[Cl-]. The first kappa shape index (κ1) is 14.0. The van der Waals surface area contributed by atoms with Crippen molar-refractivity contribution >= 4 is 3.87 Å². The standard InChI is InChI=1S/C6H5.C5H5.2ClH.Ti/c1-2-4-6-5-3-1;1-2-4-5-3-1;;;/h1-5H;1-3H,4H2;2*1H;/q;;;;+2/p-2. The van der Waals surface area contributed by atoms with Gasteiger partial charge >= 0.3 is 81.9 Å². The monoisotopic (exact) mass is 260 g/mol. The minimum atomic E-state index is -0.0122. The maximum atomic E-state index is 2.27. The summed E-state index contributed by atoms with van der Waals surface area (Å²) >= 11 is -0.0122. The van der Waals surface area contributed by atoms with Crippen molar-refractivity contribution in [1.82, 2.24) is 0 Å². The minimum Gasteiger partial charge on any atom is -1.00 e. The Balaban J connectivity index is 0.000000845. The van der Waals surface area contributed by atoms with Crippen LogP contribution >= 0.6 is 0 Å². The van der Waals surface area contributed by atoms with E-state index in [9.17, 15) is 0 Å². The Morgan fingerprint density at radius 3 is 2.29 bits per heavy atom. The van der Waals surface area contributed by atoms with E-state index in [-0.39, 0.29) is 44.0 Å². The molecule has 2 rings (SSSR count). The van der Waals surface area contributed by atoms with E-state index in [0.29, 0.717) is 0 Å². The Labute approximate surface area is 106 Å². The van der Waals surface area contributed by atoms with Crippen LogP contribution in [0.3, 0.4) is 0 Å². The summed E-state index contributed by atoms with van der Waals surface area (Å²) in [5.74, 6) is 0. The zero-order valence-electron chi connectivity index (χ0n) is 7.58. The summed E-state index contributed by atoms with van der Waals surface area (Å²) in [6.45, 7) is 0. The molecule has 14 heavy (non-hydrogen) atoms. The van der Waals surface area contributed by atoms with Gasteiger partial charge in [-0.3, -0.25) is 0 Å². The van der Waals surface area contributed by atoms with Gasteiger partial charge < -0.3 is 24.8 Å². The van der Waals surface area contributed by atoms with Crippen molar-refractivity contribution in [1.29, 1.82) is 0 Å². The second kappa shape index (κ2) is 7.31. The molecule has 0 saturated heterocycles. The topological polar surface area (TPSA) is 0 Å². The number of hydrogen-bond donors (Lipinski definition) is 0. The van der Waals surface area contributed by atoms with Gasteiger partial charge in [-0.15, -0.1) is 0 Å². The van der Waals surface area contributed by atoms with Crippen LogP contribution in [0.15, 0.2) is 52.4 Å². The Morgan fingerprint density at radius 2 is 1.71 bits per heavy atom. The molecule has 72 valence electrons. The molecule has 0 nitrogen and oxygen atoms in total. The minimum absolute atomic E-state index is 0. The van der Waals surface area contributed by atoms with E-state index in [4.69, 9.17) is 0 Å². The Kier molecular flexibility index (Phi) is 7.30. The van der Waals surface area contributed by atoms with Crippen molar-refractivity contribution in [2.24, 2.45) is 0 Å². The summed E-state index contributed by atoms with van der Waals surface area (Å²) in [5, 5.41) is 0. The molecule has 1 aromatic rings. The number of hydrogen-bond acceptors (Lipinski definition) is 0. The van der Waals surface area contributed by atoms with Crippen molar-refractivity contribution in [3.05, 3.63) is 52.4 Å². The first-order valence-electron chi connectivity index (χ1n) is 4.13. The molecule has 0 unspecified atom stereocenters. The summed E-state index contributed by atoms with van der Waals surface area (Å²) < 4.78 is 3.17. The van der Waals surface area contributed by atoms with Crippen LogP contribution < -0.4 is 28.7 Å². The van der Waals surface area contributed by atoms with Crippen molar-refractivity contribution in [3.8, 4) is 0 Å². The fourth-order valence-corrected chi connectivity index (χ4v) is 3.01. The summed E-state index contributed by atoms with van der Waals surface area (Å²) in [4.78, 5) is 0. The van der Waals surface area contributed by atoms with Gasteiger partial charge in [-0.05, 0) is 0 Å². The molecule has 0 N–H and O–H groups in total. The normalized spacial score (nSPS) is 12.1. The van der Waals surface area contributed by atoms with Gasteiger partial charge in [-0.1, -0.05) is 0 Å². The maximum Gasteiger partial charge on any atom is -1.00 e. The predicted molar refractivity (Wildman–Crippen MR) is 47.9 cm³/mol. The van der Waals surface area contributed by atoms with E-state index >= 15 is 0 Å². The van der Waals surface area contributed by atoms with Crippen LogP contribution in [0.4, 0.5) is 0 Å². The zero-order valence-corrected chi connectivity index (χ0v) is 10.7. The van der Waals surface area contributed by atoms with Gasteiger partial charge in [0.05, 0.1) is 0 Å². The van der Waals surface area contributed by atoms with E-state index in [0.717, 1.165) is 0 Å². The molecule has 0 fully saturated rings. The van der Waals surface area contributed by atoms with Gasteiger partial charge in [0.15, 0.2) is 0 Å². The third-order valence-corrected chi connectivity index (χ3v) is 3.90.